The highest BCUT2D eigenvalue weighted by atomic mass is 16.6. The maximum absolute atomic E-state index is 15.3. The molecule has 3 aliphatic carbocycles. The lowest BCUT2D eigenvalue weighted by Gasteiger charge is -2.69. The van der Waals surface area contributed by atoms with Gasteiger partial charge in [-0.05, 0) is 113 Å². The summed E-state index contributed by atoms with van der Waals surface area (Å²) in [5, 5.41) is 12.6. The van der Waals surface area contributed by atoms with Crippen molar-refractivity contribution in [1.82, 2.24) is 9.80 Å². The van der Waals surface area contributed by atoms with Crippen LogP contribution in [0.5, 0.6) is 0 Å². The van der Waals surface area contributed by atoms with Crippen LogP contribution in [0.2, 0.25) is 0 Å². The van der Waals surface area contributed by atoms with E-state index >= 15 is 4.79 Å². The lowest BCUT2D eigenvalue weighted by Crippen LogP contribution is -2.75. The summed E-state index contributed by atoms with van der Waals surface area (Å²) in [4.78, 5) is 35.4. The first kappa shape index (κ1) is 37.2. The van der Waals surface area contributed by atoms with Crippen LogP contribution >= 0.6 is 0 Å². The van der Waals surface area contributed by atoms with Gasteiger partial charge in [-0.2, -0.15) is 0 Å². The molecule has 8 nitrogen and oxygen atoms in total. The van der Waals surface area contributed by atoms with Gasteiger partial charge in [0.1, 0.15) is 11.2 Å². The van der Waals surface area contributed by atoms with Gasteiger partial charge in [0.25, 0.3) is 0 Å². The number of rotatable bonds is 8. The van der Waals surface area contributed by atoms with Gasteiger partial charge in [-0.25, -0.2) is 4.79 Å². The lowest BCUT2D eigenvalue weighted by atomic mass is 9.31. The monoisotopic (exact) mass is 763 g/mol. The molecule has 10 bridgehead atoms. The molecule has 13 rings (SSSR count). The summed E-state index contributed by atoms with van der Waals surface area (Å²) in [6, 6.07) is 6.84. The predicted octanol–water partition coefficient (Wildman–Crippen LogP) is 8.56. The smallest absolute Gasteiger partial charge is 0.339 e. The van der Waals surface area contributed by atoms with Crippen molar-refractivity contribution in [2.45, 2.75) is 136 Å². The van der Waals surface area contributed by atoms with Gasteiger partial charge in [-0.1, -0.05) is 76.0 Å². The highest BCUT2D eigenvalue weighted by molar-refractivity contribution is 5.99. The van der Waals surface area contributed by atoms with E-state index in [2.05, 4.69) is 62.6 Å². The quantitative estimate of drug-likeness (QED) is 0.201. The summed E-state index contributed by atoms with van der Waals surface area (Å²) in [5.41, 5.74) is 9.95. The van der Waals surface area contributed by atoms with E-state index in [0.717, 1.165) is 69.3 Å². The molecule has 1 saturated carbocycles. The standard InChI is InChI=1S/C48H65N3O5/c1-27(2)11-12-28(3)20-40-46-23-34-15-16-47(46,48(40)37-10-6-8-32(9-7-17-49)41(37)44(53)56-48)43(55-45(46)54)39(52)21-30(5)50-24-31-22-35(26-50)38-14-13-33-18-29(4)19-36(34)42(33)51(38)25-31/h6,8,10,23,27-31,35-36,38,40,52H,7,9,11-22,24-26,49H2,1-5H3/b43-39+/t28-,29+,30+,31+,35-,36-,38-,40-,46-,47+,48+/m0/s1. The number of fused-ring (bicyclic) bond motifs is 2. The third-order valence-corrected chi connectivity index (χ3v) is 16.8. The van der Waals surface area contributed by atoms with Gasteiger partial charge in [0.2, 0.25) is 0 Å². The van der Waals surface area contributed by atoms with Gasteiger partial charge in [-0.3, -0.25) is 9.69 Å². The average molecular weight is 764 g/mol. The van der Waals surface area contributed by atoms with Gasteiger partial charge in [0.15, 0.2) is 11.4 Å². The Bertz CT molecular complexity index is 1930. The Hall–Kier alpha value is -3.10. The third-order valence-electron chi connectivity index (χ3n) is 16.8. The minimum atomic E-state index is -1.12. The van der Waals surface area contributed by atoms with Crippen LogP contribution in [0.3, 0.4) is 0 Å². The molecule has 3 saturated heterocycles. The molecule has 4 fully saturated rings. The zero-order valence-electron chi connectivity index (χ0n) is 34.6. The molecule has 12 atom stereocenters. The van der Waals surface area contributed by atoms with E-state index in [4.69, 9.17) is 15.2 Å². The Morgan fingerprint density at radius 3 is 2.68 bits per heavy atom. The Kier molecular flexibility index (Phi) is 8.77. The van der Waals surface area contributed by atoms with Crippen molar-refractivity contribution in [3.05, 3.63) is 69.3 Å². The third kappa shape index (κ3) is 4.90. The molecule has 8 heteroatoms. The Balaban J connectivity index is 1.22. The van der Waals surface area contributed by atoms with Crippen molar-refractivity contribution in [2.24, 2.45) is 58.0 Å². The summed E-state index contributed by atoms with van der Waals surface area (Å²) in [6.45, 7) is 15.3. The summed E-state index contributed by atoms with van der Waals surface area (Å²) in [5.74, 6) is 2.61. The molecule has 12 aliphatic rings. The minimum Gasteiger partial charge on any atom is -0.509 e. The normalized spacial score (nSPS) is 42.3. The lowest BCUT2D eigenvalue weighted by molar-refractivity contribution is -0.274. The van der Waals surface area contributed by atoms with E-state index in [1.54, 1.807) is 11.3 Å². The number of hydrogen-bond acceptors (Lipinski definition) is 8. The molecule has 9 aliphatic heterocycles. The maximum atomic E-state index is 15.3. The number of piperidine rings is 2. The molecule has 0 amide bonds. The number of carbonyl (C=O) groups is 2. The number of hydrogen-bond donors (Lipinski definition) is 2. The van der Waals surface area contributed by atoms with Crippen LogP contribution in [0.25, 0.3) is 0 Å². The Morgan fingerprint density at radius 1 is 1.04 bits per heavy atom. The fraction of sp³-hybridized carbons (Fsp3) is 0.708. The van der Waals surface area contributed by atoms with Crippen LogP contribution < -0.4 is 5.73 Å². The first-order chi connectivity index (χ1) is 26.9. The summed E-state index contributed by atoms with van der Waals surface area (Å²) in [6.07, 6.45) is 14.5. The first-order valence-corrected chi connectivity index (χ1v) is 22.6. The van der Waals surface area contributed by atoms with Crippen molar-refractivity contribution in [3.8, 4) is 0 Å². The molecular weight excluding hydrogens is 699 g/mol. The number of ether oxygens (including phenoxy) is 2. The van der Waals surface area contributed by atoms with Crippen LogP contribution in [0.15, 0.2) is 52.6 Å². The Labute approximate surface area is 334 Å². The number of aryl methyl sites for hydroxylation is 1. The molecule has 0 radical (unpaired) electrons. The number of nitrogens with two attached hydrogens (primary N) is 1. The van der Waals surface area contributed by atoms with Gasteiger partial charge < -0.3 is 25.2 Å². The SMILES string of the molecule is CC(C)CC[C@H](C)C[C@@H]1[C@@]2(OC(=O)c3c(CCCN)cccc32)[C@@]23CCC4=C[C@@]12C(=O)O/C3=C(/O)C[C@@H](C)N1C[C@H]2C[C@@H](C1)[C@@H]1CCC3=C([C@H]4C[C@H](C)C3)N1C2. The van der Waals surface area contributed by atoms with E-state index in [9.17, 15) is 9.90 Å². The second-order valence-corrected chi connectivity index (χ2v) is 20.6. The highest BCUT2D eigenvalue weighted by Crippen LogP contribution is 2.85. The van der Waals surface area contributed by atoms with Crippen molar-refractivity contribution >= 4 is 11.9 Å². The maximum Gasteiger partial charge on any atom is 0.339 e. The van der Waals surface area contributed by atoms with Crippen molar-refractivity contribution in [1.29, 1.82) is 0 Å². The molecule has 1 aromatic rings. The fourth-order valence-corrected chi connectivity index (χ4v) is 14.7. The van der Waals surface area contributed by atoms with E-state index < -0.39 is 16.4 Å². The van der Waals surface area contributed by atoms with Gasteiger partial charge >= 0.3 is 11.9 Å². The first-order valence-electron chi connectivity index (χ1n) is 22.6. The minimum absolute atomic E-state index is 0.0788. The number of aliphatic hydroxyl groups is 1. The van der Waals surface area contributed by atoms with Crippen molar-refractivity contribution in [2.75, 3.05) is 26.2 Å². The number of aliphatic hydroxyl groups excluding tert-OH is 1. The molecule has 0 aromatic heterocycles. The van der Waals surface area contributed by atoms with Gasteiger partial charge in [0.05, 0.1) is 11.0 Å². The van der Waals surface area contributed by atoms with Crippen LogP contribution in [-0.2, 0) is 26.3 Å². The summed E-state index contributed by atoms with van der Waals surface area (Å²) < 4.78 is 13.7. The topological polar surface area (TPSA) is 105 Å². The second kappa shape index (κ2) is 13.2. The predicted molar refractivity (Wildman–Crippen MR) is 216 cm³/mol. The zero-order chi connectivity index (χ0) is 38.9. The molecule has 56 heavy (non-hydrogen) atoms. The Morgan fingerprint density at radius 2 is 1.88 bits per heavy atom. The van der Waals surface area contributed by atoms with E-state index in [1.807, 2.05) is 6.07 Å². The molecule has 3 N–H and O–H groups in total. The molecular formula is C48H65N3O5. The van der Waals surface area contributed by atoms with Crippen LogP contribution in [0.1, 0.15) is 133 Å². The molecule has 2 spiro atoms. The number of allylic oxidation sites excluding steroid dienone is 2. The van der Waals surface area contributed by atoms with E-state index in [-0.39, 0.29) is 35.6 Å². The van der Waals surface area contributed by atoms with Crippen molar-refractivity contribution < 1.29 is 24.2 Å². The second-order valence-electron chi connectivity index (χ2n) is 20.6. The van der Waals surface area contributed by atoms with Crippen molar-refractivity contribution in [3.63, 3.8) is 0 Å². The van der Waals surface area contributed by atoms with Gasteiger partial charge in [-0.15, -0.1) is 0 Å². The zero-order valence-corrected chi connectivity index (χ0v) is 34.6. The van der Waals surface area contributed by atoms with Gasteiger partial charge in [0, 0.05) is 61.2 Å². The molecule has 1 unspecified atom stereocenters. The molecule has 302 valence electrons. The molecule has 1 aromatic carbocycles. The van der Waals surface area contributed by atoms with Crippen LogP contribution in [-0.4, -0.2) is 65.1 Å². The fourth-order valence-electron chi connectivity index (χ4n) is 14.7. The average Bonchev–Trinajstić information content (AvgIpc) is 3.63. The van der Waals surface area contributed by atoms with Crippen LogP contribution in [0, 0.1) is 52.3 Å². The number of esters is 2. The largest absolute Gasteiger partial charge is 0.509 e. The molecule has 9 heterocycles. The van der Waals surface area contributed by atoms with E-state index in [0.29, 0.717) is 72.8 Å². The highest BCUT2D eigenvalue weighted by Gasteiger charge is 2.91. The number of carbonyl (C=O) groups excluding carboxylic acids is 2. The summed E-state index contributed by atoms with van der Waals surface area (Å²) in [7, 11) is 0. The van der Waals surface area contributed by atoms with Crippen LogP contribution in [0.4, 0.5) is 0 Å². The number of benzene rings is 1. The van der Waals surface area contributed by atoms with E-state index in [1.165, 1.54) is 31.3 Å². The number of nitrogens with zero attached hydrogens (tertiary/aromatic N) is 2. The summed E-state index contributed by atoms with van der Waals surface area (Å²) >= 11 is 0.